The summed E-state index contributed by atoms with van der Waals surface area (Å²) in [6.07, 6.45) is 9.14. The quantitative estimate of drug-likeness (QED) is 0.891. The van der Waals surface area contributed by atoms with Gasteiger partial charge >= 0.3 is 0 Å². The summed E-state index contributed by atoms with van der Waals surface area (Å²) in [7, 11) is 0. The topological polar surface area (TPSA) is 29.9 Å². The maximum absolute atomic E-state index is 4.30. The molecule has 0 spiro atoms. The van der Waals surface area contributed by atoms with Crippen molar-refractivity contribution in [3.05, 3.63) is 48.3 Å². The van der Waals surface area contributed by atoms with Crippen molar-refractivity contribution in [2.45, 2.75) is 45.2 Å². The van der Waals surface area contributed by atoms with Crippen molar-refractivity contribution in [2.24, 2.45) is 5.92 Å². The third-order valence-electron chi connectivity index (χ3n) is 4.39. The van der Waals surface area contributed by atoms with Crippen LogP contribution in [0.5, 0.6) is 0 Å². The third-order valence-corrected chi connectivity index (χ3v) is 4.39. The minimum Gasteiger partial charge on any atom is -0.382 e. The Morgan fingerprint density at radius 1 is 1.25 bits per heavy atom. The van der Waals surface area contributed by atoms with E-state index >= 15 is 0 Å². The average Bonchev–Trinajstić information content (AvgIpc) is 3.12. The van der Waals surface area contributed by atoms with E-state index in [1.165, 1.54) is 36.9 Å². The normalized spacial score (nSPS) is 22.1. The predicted molar refractivity (Wildman–Crippen MR) is 82.8 cm³/mol. The van der Waals surface area contributed by atoms with Crippen LogP contribution in [0.15, 0.2) is 42.7 Å². The second-order valence-electron chi connectivity index (χ2n) is 5.79. The van der Waals surface area contributed by atoms with Gasteiger partial charge in [0.15, 0.2) is 0 Å². The van der Waals surface area contributed by atoms with E-state index in [0.717, 1.165) is 12.5 Å². The fourth-order valence-corrected chi connectivity index (χ4v) is 3.16. The van der Waals surface area contributed by atoms with E-state index in [1.807, 2.05) is 23.1 Å². The van der Waals surface area contributed by atoms with Gasteiger partial charge in [0.05, 0.1) is 6.54 Å². The summed E-state index contributed by atoms with van der Waals surface area (Å²) in [6.45, 7) is 3.14. The van der Waals surface area contributed by atoms with Crippen molar-refractivity contribution in [1.29, 1.82) is 0 Å². The zero-order valence-electron chi connectivity index (χ0n) is 12.1. The number of benzene rings is 1. The lowest BCUT2D eigenvalue weighted by molar-refractivity contribution is 0.525. The first-order valence-electron chi connectivity index (χ1n) is 7.67. The molecule has 3 rings (SSSR count). The summed E-state index contributed by atoms with van der Waals surface area (Å²) < 4.78 is 1.98. The summed E-state index contributed by atoms with van der Waals surface area (Å²) in [5.41, 5.74) is 2.58. The number of nitrogens with zero attached hydrogens (tertiary/aromatic N) is 2. The van der Waals surface area contributed by atoms with Gasteiger partial charge in [0, 0.05) is 24.1 Å². The number of rotatable bonds is 5. The number of hydrogen-bond acceptors (Lipinski definition) is 2. The molecule has 1 heterocycles. The van der Waals surface area contributed by atoms with Crippen LogP contribution < -0.4 is 5.32 Å². The van der Waals surface area contributed by atoms with Crippen molar-refractivity contribution in [3.8, 4) is 0 Å². The van der Waals surface area contributed by atoms with Gasteiger partial charge < -0.3 is 5.32 Å². The van der Waals surface area contributed by atoms with Crippen LogP contribution in [0.3, 0.4) is 0 Å². The highest BCUT2D eigenvalue weighted by atomic mass is 15.3. The molecule has 0 bridgehead atoms. The van der Waals surface area contributed by atoms with Crippen LogP contribution in [0.1, 0.15) is 38.2 Å². The lowest BCUT2D eigenvalue weighted by Gasteiger charge is -2.17. The first kappa shape index (κ1) is 13.2. The molecule has 1 aromatic heterocycles. The lowest BCUT2D eigenvalue weighted by Crippen LogP contribution is -2.17. The fourth-order valence-electron chi connectivity index (χ4n) is 3.16. The van der Waals surface area contributed by atoms with Gasteiger partial charge in [0.2, 0.25) is 0 Å². The molecule has 1 aliphatic carbocycles. The van der Waals surface area contributed by atoms with Crippen molar-refractivity contribution in [3.63, 3.8) is 0 Å². The van der Waals surface area contributed by atoms with Gasteiger partial charge in [-0.1, -0.05) is 31.5 Å². The zero-order valence-corrected chi connectivity index (χ0v) is 12.1. The second kappa shape index (κ2) is 6.12. The van der Waals surface area contributed by atoms with E-state index in [4.69, 9.17) is 0 Å². The highest BCUT2D eigenvalue weighted by Crippen LogP contribution is 2.31. The Bertz CT molecular complexity index is 533. The highest BCUT2D eigenvalue weighted by Gasteiger charge is 2.23. The molecule has 106 valence electrons. The molecule has 0 radical (unpaired) electrons. The summed E-state index contributed by atoms with van der Waals surface area (Å²) >= 11 is 0. The zero-order chi connectivity index (χ0) is 13.8. The summed E-state index contributed by atoms with van der Waals surface area (Å²) in [6, 6.07) is 11.2. The van der Waals surface area contributed by atoms with Crippen molar-refractivity contribution >= 4 is 5.69 Å². The van der Waals surface area contributed by atoms with Crippen LogP contribution in [0.4, 0.5) is 5.69 Å². The van der Waals surface area contributed by atoms with Crippen molar-refractivity contribution in [1.82, 2.24) is 9.78 Å². The van der Waals surface area contributed by atoms with E-state index < -0.39 is 0 Å². The Balaban J connectivity index is 1.70. The van der Waals surface area contributed by atoms with Crippen LogP contribution in [-0.4, -0.2) is 15.8 Å². The predicted octanol–water partition coefficient (Wildman–Crippen LogP) is 3.92. The second-order valence-corrected chi connectivity index (χ2v) is 5.79. The molecule has 2 unspecified atom stereocenters. The van der Waals surface area contributed by atoms with Crippen molar-refractivity contribution < 1.29 is 0 Å². The molecular formula is C17H23N3. The molecular weight excluding hydrogens is 246 g/mol. The SMILES string of the molecule is CCC1CCC(Nc2ccccc2Cn2cccn2)C1. The average molecular weight is 269 g/mol. The monoisotopic (exact) mass is 269 g/mol. The third kappa shape index (κ3) is 3.03. The van der Waals surface area contributed by atoms with Gasteiger partial charge in [-0.05, 0) is 42.9 Å². The van der Waals surface area contributed by atoms with Gasteiger partial charge in [0.25, 0.3) is 0 Å². The first-order chi connectivity index (χ1) is 9.85. The van der Waals surface area contributed by atoms with Crippen LogP contribution in [-0.2, 0) is 6.54 Å². The minimum absolute atomic E-state index is 0.638. The van der Waals surface area contributed by atoms with Gasteiger partial charge in [-0.3, -0.25) is 4.68 Å². The Kier molecular flexibility index (Phi) is 4.05. The molecule has 1 aromatic carbocycles. The first-order valence-corrected chi connectivity index (χ1v) is 7.67. The molecule has 2 aromatic rings. The molecule has 2 atom stereocenters. The molecule has 3 heteroatoms. The van der Waals surface area contributed by atoms with E-state index in [2.05, 4.69) is 41.6 Å². The van der Waals surface area contributed by atoms with E-state index in [1.54, 1.807) is 0 Å². The maximum Gasteiger partial charge on any atom is 0.0679 e. The smallest absolute Gasteiger partial charge is 0.0679 e. The van der Waals surface area contributed by atoms with E-state index in [0.29, 0.717) is 6.04 Å². The van der Waals surface area contributed by atoms with Crippen molar-refractivity contribution in [2.75, 3.05) is 5.32 Å². The Morgan fingerprint density at radius 3 is 2.90 bits per heavy atom. The number of para-hydroxylation sites is 1. The molecule has 0 saturated heterocycles. The van der Waals surface area contributed by atoms with Gasteiger partial charge in [-0.15, -0.1) is 0 Å². The Hall–Kier alpha value is -1.77. The number of aromatic nitrogens is 2. The Morgan fingerprint density at radius 2 is 2.15 bits per heavy atom. The molecule has 1 saturated carbocycles. The van der Waals surface area contributed by atoms with Gasteiger partial charge in [0.1, 0.15) is 0 Å². The van der Waals surface area contributed by atoms with Crippen LogP contribution >= 0.6 is 0 Å². The number of anilines is 1. The fraction of sp³-hybridized carbons (Fsp3) is 0.471. The van der Waals surface area contributed by atoms with Gasteiger partial charge in [-0.25, -0.2) is 0 Å². The molecule has 0 aliphatic heterocycles. The highest BCUT2D eigenvalue weighted by molar-refractivity contribution is 5.52. The van der Waals surface area contributed by atoms with Gasteiger partial charge in [-0.2, -0.15) is 5.10 Å². The number of nitrogens with one attached hydrogen (secondary N) is 1. The summed E-state index contributed by atoms with van der Waals surface area (Å²) in [5.74, 6) is 0.908. The summed E-state index contributed by atoms with van der Waals surface area (Å²) in [4.78, 5) is 0. The van der Waals surface area contributed by atoms with Crippen LogP contribution in [0.25, 0.3) is 0 Å². The Labute approximate surface area is 121 Å². The molecule has 0 amide bonds. The number of hydrogen-bond donors (Lipinski definition) is 1. The molecule has 1 fully saturated rings. The van der Waals surface area contributed by atoms with Crippen LogP contribution in [0, 0.1) is 5.92 Å². The maximum atomic E-state index is 4.30. The van der Waals surface area contributed by atoms with Crippen LogP contribution in [0.2, 0.25) is 0 Å². The molecule has 1 aliphatic rings. The molecule has 20 heavy (non-hydrogen) atoms. The summed E-state index contributed by atoms with van der Waals surface area (Å²) in [5, 5.41) is 8.04. The largest absolute Gasteiger partial charge is 0.382 e. The lowest BCUT2D eigenvalue weighted by atomic mass is 10.1. The molecule has 3 nitrogen and oxygen atoms in total. The minimum atomic E-state index is 0.638. The molecule has 1 N–H and O–H groups in total. The van der Waals surface area contributed by atoms with E-state index in [9.17, 15) is 0 Å². The van der Waals surface area contributed by atoms with E-state index in [-0.39, 0.29) is 0 Å². The standard InChI is InChI=1S/C17H23N3/c1-2-14-8-9-16(12-14)19-17-7-4-3-6-15(17)13-20-11-5-10-18-20/h3-7,10-11,14,16,19H,2,8-9,12-13H2,1H3.